The van der Waals surface area contributed by atoms with Gasteiger partial charge in [-0.15, -0.1) is 23.1 Å². The highest BCUT2D eigenvalue weighted by molar-refractivity contribution is 7.99. The average Bonchev–Trinajstić information content (AvgIpc) is 2.97. The quantitative estimate of drug-likeness (QED) is 0.601. The third-order valence-corrected chi connectivity index (χ3v) is 4.89. The van der Waals surface area contributed by atoms with E-state index in [4.69, 9.17) is 15.5 Å². The number of thioether (sulfide) groups is 1. The molecule has 2 rings (SSSR count). The van der Waals surface area contributed by atoms with Gasteiger partial charge in [0, 0.05) is 43.5 Å². The third-order valence-electron chi connectivity index (χ3n) is 3.04. The van der Waals surface area contributed by atoms with Crippen LogP contribution in [0.1, 0.15) is 25.5 Å². The van der Waals surface area contributed by atoms with Crippen molar-refractivity contribution in [3.8, 4) is 0 Å². The summed E-state index contributed by atoms with van der Waals surface area (Å²) in [6.45, 7) is 2.93. The molecule has 0 radical (unpaired) electrons. The summed E-state index contributed by atoms with van der Waals surface area (Å²) in [5.74, 6) is 1.03. The molecule has 2 N–H and O–H groups in total. The highest BCUT2D eigenvalue weighted by Crippen LogP contribution is 2.27. The lowest BCUT2D eigenvalue weighted by Crippen LogP contribution is -2.22. The lowest BCUT2D eigenvalue weighted by atomic mass is 10.1. The van der Waals surface area contributed by atoms with Crippen LogP contribution in [0.4, 0.5) is 0 Å². The first-order chi connectivity index (χ1) is 9.26. The average molecular weight is 299 g/mol. The van der Waals surface area contributed by atoms with E-state index in [-0.39, 0.29) is 6.04 Å². The van der Waals surface area contributed by atoms with Crippen molar-refractivity contribution in [3.63, 3.8) is 0 Å². The van der Waals surface area contributed by atoms with Crippen molar-refractivity contribution in [2.24, 2.45) is 5.73 Å². The Hall–Kier alpha value is -0.560. The SMILES string of the molecule is CCC(N)Cc1c(SCCCOC)nc2sccn12. The Balaban J connectivity index is 2.11. The minimum Gasteiger partial charge on any atom is -0.385 e. The third kappa shape index (κ3) is 3.72. The van der Waals surface area contributed by atoms with Gasteiger partial charge in [-0.05, 0) is 12.8 Å². The van der Waals surface area contributed by atoms with Crippen LogP contribution >= 0.6 is 23.1 Å². The summed E-state index contributed by atoms with van der Waals surface area (Å²) in [5.41, 5.74) is 7.36. The topological polar surface area (TPSA) is 52.5 Å². The summed E-state index contributed by atoms with van der Waals surface area (Å²) in [4.78, 5) is 5.77. The largest absolute Gasteiger partial charge is 0.385 e. The number of nitrogens with two attached hydrogens (primary N) is 1. The summed E-state index contributed by atoms with van der Waals surface area (Å²) >= 11 is 3.48. The highest BCUT2D eigenvalue weighted by atomic mass is 32.2. The van der Waals surface area contributed by atoms with Gasteiger partial charge in [0.15, 0.2) is 4.96 Å². The molecule has 4 nitrogen and oxygen atoms in total. The molecule has 6 heteroatoms. The summed E-state index contributed by atoms with van der Waals surface area (Å²) < 4.78 is 7.26. The first-order valence-corrected chi connectivity index (χ1v) is 8.44. The Labute approximate surface area is 122 Å². The molecule has 0 saturated carbocycles. The van der Waals surface area contributed by atoms with E-state index in [1.165, 1.54) is 5.69 Å². The van der Waals surface area contributed by atoms with E-state index in [0.717, 1.165) is 41.6 Å². The molecule has 0 saturated heterocycles. The minimum atomic E-state index is 0.207. The van der Waals surface area contributed by atoms with Gasteiger partial charge in [-0.25, -0.2) is 4.98 Å². The molecule has 0 fully saturated rings. The Morgan fingerprint density at radius 3 is 3.16 bits per heavy atom. The van der Waals surface area contributed by atoms with Gasteiger partial charge >= 0.3 is 0 Å². The van der Waals surface area contributed by atoms with Gasteiger partial charge in [-0.1, -0.05) is 6.92 Å². The van der Waals surface area contributed by atoms with Crippen LogP contribution in [0.15, 0.2) is 16.6 Å². The van der Waals surface area contributed by atoms with Gasteiger partial charge in [0.2, 0.25) is 0 Å². The molecular weight excluding hydrogens is 278 g/mol. The smallest absolute Gasteiger partial charge is 0.194 e. The molecule has 0 aromatic carbocycles. The fraction of sp³-hybridized carbons (Fsp3) is 0.615. The van der Waals surface area contributed by atoms with Crippen molar-refractivity contribution in [3.05, 3.63) is 17.3 Å². The van der Waals surface area contributed by atoms with E-state index >= 15 is 0 Å². The monoisotopic (exact) mass is 299 g/mol. The first kappa shape index (κ1) is 14.8. The molecule has 1 unspecified atom stereocenters. The molecular formula is C13H21N3OS2. The van der Waals surface area contributed by atoms with Crippen molar-refractivity contribution in [2.75, 3.05) is 19.5 Å². The van der Waals surface area contributed by atoms with Crippen molar-refractivity contribution in [1.82, 2.24) is 9.38 Å². The summed E-state index contributed by atoms with van der Waals surface area (Å²) in [7, 11) is 1.74. The maximum atomic E-state index is 6.10. The van der Waals surface area contributed by atoms with Crippen molar-refractivity contribution < 1.29 is 4.74 Å². The van der Waals surface area contributed by atoms with Gasteiger partial charge < -0.3 is 10.5 Å². The van der Waals surface area contributed by atoms with E-state index in [2.05, 4.69) is 22.9 Å². The van der Waals surface area contributed by atoms with Crippen LogP contribution in [0.25, 0.3) is 4.96 Å². The predicted molar refractivity (Wildman–Crippen MR) is 82.3 cm³/mol. The zero-order valence-corrected chi connectivity index (χ0v) is 13.1. The van der Waals surface area contributed by atoms with E-state index in [1.54, 1.807) is 18.4 Å². The van der Waals surface area contributed by atoms with E-state index < -0.39 is 0 Å². The molecule has 2 heterocycles. The molecule has 0 amide bonds. The number of rotatable bonds is 8. The van der Waals surface area contributed by atoms with Crippen molar-refractivity contribution in [1.29, 1.82) is 0 Å². The number of hydrogen-bond acceptors (Lipinski definition) is 5. The van der Waals surface area contributed by atoms with Gasteiger partial charge in [0.05, 0.1) is 5.69 Å². The second-order valence-corrected chi connectivity index (χ2v) is 6.44. The summed E-state index contributed by atoms with van der Waals surface area (Å²) in [5, 5.41) is 3.20. The second-order valence-electron chi connectivity index (χ2n) is 4.49. The van der Waals surface area contributed by atoms with Crippen LogP contribution in [0.5, 0.6) is 0 Å². The number of imidazole rings is 1. The van der Waals surface area contributed by atoms with Gasteiger partial charge in [0.25, 0.3) is 0 Å². The van der Waals surface area contributed by atoms with Crippen molar-refractivity contribution in [2.45, 2.75) is 37.3 Å². The summed E-state index contributed by atoms with van der Waals surface area (Å²) in [6, 6.07) is 0.207. The maximum absolute atomic E-state index is 6.10. The van der Waals surface area contributed by atoms with Crippen molar-refractivity contribution >= 4 is 28.1 Å². The van der Waals surface area contributed by atoms with Gasteiger partial charge in [-0.2, -0.15) is 0 Å². The highest BCUT2D eigenvalue weighted by Gasteiger charge is 2.15. The number of nitrogens with zero attached hydrogens (tertiary/aromatic N) is 2. The molecule has 106 valence electrons. The molecule has 19 heavy (non-hydrogen) atoms. The van der Waals surface area contributed by atoms with E-state index in [1.807, 2.05) is 11.8 Å². The maximum Gasteiger partial charge on any atom is 0.194 e. The zero-order chi connectivity index (χ0) is 13.7. The van der Waals surface area contributed by atoms with Crippen LogP contribution in [0.2, 0.25) is 0 Å². The zero-order valence-electron chi connectivity index (χ0n) is 11.5. The Kier molecular flexibility index (Phi) is 5.69. The Bertz CT molecular complexity index is 509. The Morgan fingerprint density at radius 2 is 2.42 bits per heavy atom. The number of thiazole rings is 1. The normalized spacial score (nSPS) is 13.2. The standard InChI is InChI=1S/C13H21N3OS2/c1-3-10(14)9-11-12(18-7-4-6-17-2)15-13-16(11)5-8-19-13/h5,8,10H,3-4,6-7,9,14H2,1-2H3. The van der Waals surface area contributed by atoms with Gasteiger partial charge in [0.1, 0.15) is 5.03 Å². The van der Waals surface area contributed by atoms with Gasteiger partial charge in [-0.3, -0.25) is 4.40 Å². The first-order valence-electron chi connectivity index (χ1n) is 6.58. The predicted octanol–water partition coefficient (Wildman–Crippen LogP) is 2.80. The van der Waals surface area contributed by atoms with Crippen LogP contribution in [-0.2, 0) is 11.2 Å². The summed E-state index contributed by atoms with van der Waals surface area (Å²) in [6.07, 6.45) is 5.02. The number of aromatic nitrogens is 2. The number of hydrogen-bond donors (Lipinski definition) is 1. The Morgan fingerprint density at radius 1 is 1.58 bits per heavy atom. The molecule has 0 aliphatic carbocycles. The molecule has 0 aliphatic rings. The number of fused-ring (bicyclic) bond motifs is 1. The molecule has 0 bridgehead atoms. The van der Waals surface area contributed by atoms with Crippen LogP contribution in [-0.4, -0.2) is 34.9 Å². The second kappa shape index (κ2) is 7.28. The lowest BCUT2D eigenvalue weighted by Gasteiger charge is -2.09. The molecule has 2 aromatic heterocycles. The molecule has 1 atom stereocenters. The molecule has 0 spiro atoms. The minimum absolute atomic E-state index is 0.207. The fourth-order valence-corrected chi connectivity index (χ4v) is 3.62. The molecule has 2 aromatic rings. The number of methoxy groups -OCH3 is 1. The van der Waals surface area contributed by atoms with Crippen LogP contribution in [0, 0.1) is 0 Å². The van der Waals surface area contributed by atoms with Crippen LogP contribution in [0.3, 0.4) is 0 Å². The number of ether oxygens (including phenoxy) is 1. The molecule has 0 aliphatic heterocycles. The van der Waals surface area contributed by atoms with E-state index in [9.17, 15) is 0 Å². The lowest BCUT2D eigenvalue weighted by molar-refractivity contribution is 0.200. The van der Waals surface area contributed by atoms with Crippen LogP contribution < -0.4 is 5.73 Å². The fourth-order valence-electron chi connectivity index (χ4n) is 1.88. The van der Waals surface area contributed by atoms with E-state index in [0.29, 0.717) is 0 Å².